The lowest BCUT2D eigenvalue weighted by atomic mass is 9.86. The van der Waals surface area contributed by atoms with Crippen molar-refractivity contribution in [2.45, 2.75) is 36.6 Å². The first-order chi connectivity index (χ1) is 7.07. The molecule has 2 saturated carbocycles. The quantitative estimate of drug-likeness (QED) is 0.843. The van der Waals surface area contributed by atoms with Crippen molar-refractivity contribution in [2.24, 2.45) is 5.73 Å². The molecular weight excluding hydrogens is 229 g/mol. The zero-order chi connectivity index (χ0) is 10.7. The second kappa shape index (κ2) is 2.91. The maximum atomic E-state index is 6.33. The van der Waals surface area contributed by atoms with E-state index >= 15 is 0 Å². The van der Waals surface area contributed by atoms with Crippen LogP contribution in [0.1, 0.15) is 31.2 Å². The van der Waals surface area contributed by atoms with E-state index in [1.165, 1.54) is 18.4 Å². The van der Waals surface area contributed by atoms with E-state index in [1.807, 2.05) is 12.1 Å². The van der Waals surface area contributed by atoms with Crippen molar-refractivity contribution in [1.82, 2.24) is 0 Å². The molecule has 0 aliphatic heterocycles. The molecule has 0 atom stereocenters. The van der Waals surface area contributed by atoms with Crippen LogP contribution in [0.15, 0.2) is 18.2 Å². The SMILES string of the molecule is NC1(C2(c3ccc(Cl)c(Cl)c3)CC2)CC1. The van der Waals surface area contributed by atoms with Gasteiger partial charge in [-0.1, -0.05) is 29.3 Å². The van der Waals surface area contributed by atoms with Crippen LogP contribution in [0.3, 0.4) is 0 Å². The Hall–Kier alpha value is -0.240. The first-order valence-corrected chi connectivity index (χ1v) is 6.07. The summed E-state index contributed by atoms with van der Waals surface area (Å²) in [4.78, 5) is 0. The Morgan fingerprint density at radius 2 is 1.67 bits per heavy atom. The number of nitrogens with two attached hydrogens (primary N) is 1. The molecular formula is C12H13Cl2N. The first-order valence-electron chi connectivity index (χ1n) is 5.32. The fourth-order valence-corrected chi connectivity index (χ4v) is 2.90. The molecule has 80 valence electrons. The molecule has 2 aliphatic carbocycles. The minimum absolute atomic E-state index is 0.0458. The average molecular weight is 242 g/mol. The number of hydrogen-bond donors (Lipinski definition) is 1. The highest BCUT2D eigenvalue weighted by molar-refractivity contribution is 6.42. The van der Waals surface area contributed by atoms with Crippen LogP contribution in [0.25, 0.3) is 0 Å². The van der Waals surface area contributed by atoms with Gasteiger partial charge in [0.15, 0.2) is 0 Å². The second-order valence-electron chi connectivity index (χ2n) is 4.87. The Morgan fingerprint density at radius 3 is 2.13 bits per heavy atom. The normalized spacial score (nSPS) is 25.0. The summed E-state index contributed by atoms with van der Waals surface area (Å²) in [7, 11) is 0. The molecule has 0 saturated heterocycles. The van der Waals surface area contributed by atoms with Crippen molar-refractivity contribution in [1.29, 1.82) is 0 Å². The third-order valence-electron chi connectivity index (χ3n) is 3.96. The third kappa shape index (κ3) is 1.33. The van der Waals surface area contributed by atoms with Gasteiger partial charge in [0.05, 0.1) is 10.0 Å². The zero-order valence-electron chi connectivity index (χ0n) is 8.39. The van der Waals surface area contributed by atoms with Gasteiger partial charge in [0.2, 0.25) is 0 Å². The third-order valence-corrected chi connectivity index (χ3v) is 4.70. The van der Waals surface area contributed by atoms with Crippen LogP contribution < -0.4 is 5.73 Å². The van der Waals surface area contributed by atoms with Gasteiger partial charge in [0.25, 0.3) is 0 Å². The van der Waals surface area contributed by atoms with Crippen LogP contribution in [-0.2, 0) is 5.41 Å². The van der Waals surface area contributed by atoms with E-state index in [4.69, 9.17) is 28.9 Å². The summed E-state index contributed by atoms with van der Waals surface area (Å²) in [5, 5.41) is 1.27. The summed E-state index contributed by atoms with van der Waals surface area (Å²) in [6, 6.07) is 5.95. The Morgan fingerprint density at radius 1 is 1.00 bits per heavy atom. The number of benzene rings is 1. The largest absolute Gasteiger partial charge is 0.324 e. The maximum Gasteiger partial charge on any atom is 0.0595 e. The lowest BCUT2D eigenvalue weighted by Gasteiger charge is -2.23. The van der Waals surface area contributed by atoms with Crippen LogP contribution in [0, 0.1) is 0 Å². The fraction of sp³-hybridized carbons (Fsp3) is 0.500. The summed E-state index contributed by atoms with van der Waals surface area (Å²) in [6.45, 7) is 0. The zero-order valence-corrected chi connectivity index (χ0v) is 9.91. The van der Waals surface area contributed by atoms with Gasteiger partial charge in [-0.2, -0.15) is 0 Å². The highest BCUT2D eigenvalue weighted by Gasteiger charge is 2.64. The van der Waals surface area contributed by atoms with E-state index in [0.29, 0.717) is 10.0 Å². The van der Waals surface area contributed by atoms with Gasteiger partial charge < -0.3 is 5.73 Å². The molecule has 1 aromatic rings. The monoisotopic (exact) mass is 241 g/mol. The van der Waals surface area contributed by atoms with Crippen molar-refractivity contribution < 1.29 is 0 Å². The molecule has 15 heavy (non-hydrogen) atoms. The van der Waals surface area contributed by atoms with E-state index in [9.17, 15) is 0 Å². The molecule has 2 fully saturated rings. The van der Waals surface area contributed by atoms with Crippen molar-refractivity contribution in [3.63, 3.8) is 0 Å². The number of hydrogen-bond acceptors (Lipinski definition) is 1. The Bertz CT molecular complexity index is 420. The average Bonchev–Trinajstić information content (AvgIpc) is 3.05. The molecule has 1 aromatic carbocycles. The molecule has 0 radical (unpaired) electrons. The van der Waals surface area contributed by atoms with Crippen molar-refractivity contribution in [2.75, 3.05) is 0 Å². The molecule has 3 heteroatoms. The molecule has 0 amide bonds. The molecule has 0 heterocycles. The smallest absolute Gasteiger partial charge is 0.0595 e. The highest BCUT2D eigenvalue weighted by Crippen LogP contribution is 2.63. The highest BCUT2D eigenvalue weighted by atomic mass is 35.5. The van der Waals surface area contributed by atoms with Crippen LogP contribution in [0.2, 0.25) is 10.0 Å². The standard InChI is InChI=1S/C12H13Cl2N/c13-9-2-1-8(7-10(9)14)11(3-4-11)12(15)5-6-12/h1-2,7H,3-6,15H2. The molecule has 2 N–H and O–H groups in total. The summed E-state index contributed by atoms with van der Waals surface area (Å²) in [5.74, 6) is 0. The molecule has 0 spiro atoms. The molecule has 1 nitrogen and oxygen atoms in total. The van der Waals surface area contributed by atoms with Gasteiger partial charge in [-0.25, -0.2) is 0 Å². The predicted octanol–water partition coefficient (Wildman–Crippen LogP) is 3.52. The van der Waals surface area contributed by atoms with E-state index in [-0.39, 0.29) is 11.0 Å². The summed E-state index contributed by atoms with van der Waals surface area (Å²) < 4.78 is 0. The number of rotatable bonds is 2. The summed E-state index contributed by atoms with van der Waals surface area (Å²) >= 11 is 12.0. The van der Waals surface area contributed by atoms with E-state index in [1.54, 1.807) is 0 Å². The minimum atomic E-state index is 0.0458. The van der Waals surface area contributed by atoms with Crippen molar-refractivity contribution in [3.8, 4) is 0 Å². The minimum Gasteiger partial charge on any atom is -0.324 e. The van der Waals surface area contributed by atoms with Gasteiger partial charge >= 0.3 is 0 Å². The Kier molecular flexibility index (Phi) is 1.93. The van der Waals surface area contributed by atoms with Crippen LogP contribution >= 0.6 is 23.2 Å². The first kappa shape index (κ1) is 9.95. The summed E-state index contributed by atoms with van der Waals surface area (Å²) in [6.07, 6.45) is 4.68. The van der Waals surface area contributed by atoms with Crippen molar-refractivity contribution >= 4 is 23.2 Å². The van der Waals surface area contributed by atoms with Gasteiger partial charge in [0.1, 0.15) is 0 Å². The van der Waals surface area contributed by atoms with E-state index < -0.39 is 0 Å². The lowest BCUT2D eigenvalue weighted by molar-refractivity contribution is 0.503. The van der Waals surface area contributed by atoms with E-state index in [0.717, 1.165) is 12.8 Å². The predicted molar refractivity (Wildman–Crippen MR) is 63.5 cm³/mol. The fourth-order valence-electron chi connectivity index (χ4n) is 2.61. The van der Waals surface area contributed by atoms with Gasteiger partial charge in [-0.3, -0.25) is 0 Å². The Balaban J connectivity index is 2.03. The Labute approximate surface area is 99.6 Å². The van der Waals surface area contributed by atoms with Gasteiger partial charge in [-0.15, -0.1) is 0 Å². The molecule has 0 unspecified atom stereocenters. The molecule has 0 bridgehead atoms. The topological polar surface area (TPSA) is 26.0 Å². The number of halogens is 2. The molecule has 2 aliphatic rings. The molecule has 3 rings (SSSR count). The maximum absolute atomic E-state index is 6.33. The second-order valence-corrected chi connectivity index (χ2v) is 5.68. The van der Waals surface area contributed by atoms with Gasteiger partial charge in [-0.05, 0) is 43.4 Å². The van der Waals surface area contributed by atoms with Gasteiger partial charge in [0, 0.05) is 11.0 Å². The van der Waals surface area contributed by atoms with E-state index in [2.05, 4.69) is 6.07 Å². The van der Waals surface area contributed by atoms with Crippen LogP contribution in [-0.4, -0.2) is 5.54 Å². The van der Waals surface area contributed by atoms with Crippen LogP contribution in [0.4, 0.5) is 0 Å². The lowest BCUT2D eigenvalue weighted by Crippen LogP contribution is -2.37. The van der Waals surface area contributed by atoms with Crippen LogP contribution in [0.5, 0.6) is 0 Å². The van der Waals surface area contributed by atoms with Crippen molar-refractivity contribution in [3.05, 3.63) is 33.8 Å². The molecule has 0 aromatic heterocycles. The summed E-state index contributed by atoms with van der Waals surface area (Å²) in [5.41, 5.74) is 7.86.